The third kappa shape index (κ3) is 7.16. The van der Waals surface area contributed by atoms with Crippen LogP contribution >= 0.6 is 0 Å². The topological polar surface area (TPSA) is 126 Å². The molecular weight excluding hydrogens is 442 g/mol. The summed E-state index contributed by atoms with van der Waals surface area (Å²) in [5.41, 5.74) is 3.16. The van der Waals surface area contributed by atoms with Gasteiger partial charge in [0.05, 0.1) is 31.0 Å². The zero-order valence-corrected chi connectivity index (χ0v) is 20.4. The quantitative estimate of drug-likeness (QED) is 0.412. The molecule has 2 aromatic rings. The second kappa shape index (κ2) is 12.0. The standard InChI is InChI=1S/C24H31N3O7/c1-14(2)12-27-16(4)20(15(3)26-27)7-8-22(29)34-13-21(28)25-19-10-17(23(30)32-5)9-18(11-19)24(31)33-6/h9-11,14H,7-8,12-13H2,1-6H3,(H,25,28). The molecule has 1 aromatic carbocycles. The lowest BCUT2D eigenvalue weighted by atomic mass is 10.1. The lowest BCUT2D eigenvalue weighted by Crippen LogP contribution is -2.21. The zero-order chi connectivity index (χ0) is 25.4. The van der Waals surface area contributed by atoms with Crippen molar-refractivity contribution in [1.29, 1.82) is 0 Å². The number of nitrogens with one attached hydrogen (secondary N) is 1. The minimum Gasteiger partial charge on any atom is -0.465 e. The van der Waals surface area contributed by atoms with E-state index in [-0.39, 0.29) is 23.2 Å². The average Bonchev–Trinajstić information content (AvgIpc) is 3.06. The van der Waals surface area contributed by atoms with Gasteiger partial charge in [0.1, 0.15) is 0 Å². The fourth-order valence-electron chi connectivity index (χ4n) is 3.43. The van der Waals surface area contributed by atoms with Gasteiger partial charge in [-0.05, 0) is 49.9 Å². The van der Waals surface area contributed by atoms with E-state index in [1.54, 1.807) is 0 Å². The third-order valence-corrected chi connectivity index (χ3v) is 5.07. The predicted molar refractivity (Wildman–Crippen MR) is 124 cm³/mol. The molecule has 34 heavy (non-hydrogen) atoms. The maximum atomic E-state index is 12.3. The van der Waals surface area contributed by atoms with Crippen molar-refractivity contribution in [3.05, 3.63) is 46.3 Å². The summed E-state index contributed by atoms with van der Waals surface area (Å²) in [7, 11) is 2.40. The Morgan fingerprint density at radius 3 is 2.12 bits per heavy atom. The van der Waals surface area contributed by atoms with Gasteiger partial charge in [0.15, 0.2) is 6.61 Å². The van der Waals surface area contributed by atoms with Crippen LogP contribution in [0.25, 0.3) is 0 Å². The number of ether oxygens (including phenoxy) is 3. The molecule has 0 saturated carbocycles. The van der Waals surface area contributed by atoms with Crippen LogP contribution in [0.4, 0.5) is 5.69 Å². The van der Waals surface area contributed by atoms with E-state index in [0.29, 0.717) is 12.3 Å². The zero-order valence-electron chi connectivity index (χ0n) is 20.4. The highest BCUT2D eigenvalue weighted by molar-refractivity contribution is 6.00. The van der Waals surface area contributed by atoms with Crippen LogP contribution < -0.4 is 5.32 Å². The number of anilines is 1. The Labute approximate surface area is 198 Å². The predicted octanol–water partition coefficient (Wildman–Crippen LogP) is 2.84. The number of benzene rings is 1. The van der Waals surface area contributed by atoms with Gasteiger partial charge in [-0.15, -0.1) is 0 Å². The molecule has 0 fully saturated rings. The molecule has 184 valence electrons. The molecule has 1 aromatic heterocycles. The number of methoxy groups -OCH3 is 2. The Hall–Kier alpha value is -3.69. The van der Waals surface area contributed by atoms with E-state index in [0.717, 1.165) is 23.5 Å². The molecular formula is C24H31N3O7. The lowest BCUT2D eigenvalue weighted by molar-refractivity contribution is -0.147. The van der Waals surface area contributed by atoms with Crippen LogP contribution in [-0.2, 0) is 36.8 Å². The molecule has 0 saturated heterocycles. The summed E-state index contributed by atoms with van der Waals surface area (Å²) in [5, 5.41) is 7.04. The molecule has 0 spiro atoms. The summed E-state index contributed by atoms with van der Waals surface area (Å²) in [6, 6.07) is 3.98. The number of esters is 3. The minimum absolute atomic E-state index is 0.0569. The van der Waals surface area contributed by atoms with Crippen molar-refractivity contribution in [3.8, 4) is 0 Å². The van der Waals surface area contributed by atoms with E-state index < -0.39 is 30.4 Å². The van der Waals surface area contributed by atoms with Gasteiger partial charge in [-0.1, -0.05) is 13.8 Å². The van der Waals surface area contributed by atoms with Crippen LogP contribution in [0.5, 0.6) is 0 Å². The lowest BCUT2D eigenvalue weighted by Gasteiger charge is -2.10. The van der Waals surface area contributed by atoms with Crippen LogP contribution in [0.3, 0.4) is 0 Å². The number of amides is 1. The summed E-state index contributed by atoms with van der Waals surface area (Å²) < 4.78 is 16.4. The number of hydrogen-bond donors (Lipinski definition) is 1. The Balaban J connectivity index is 1.95. The van der Waals surface area contributed by atoms with Gasteiger partial charge >= 0.3 is 17.9 Å². The first-order valence-corrected chi connectivity index (χ1v) is 10.9. The van der Waals surface area contributed by atoms with Crippen molar-refractivity contribution < 1.29 is 33.4 Å². The highest BCUT2D eigenvalue weighted by atomic mass is 16.5. The maximum absolute atomic E-state index is 12.3. The molecule has 0 atom stereocenters. The van der Waals surface area contributed by atoms with Crippen LogP contribution in [0.1, 0.15) is 57.9 Å². The van der Waals surface area contributed by atoms with Gasteiger partial charge < -0.3 is 19.5 Å². The second-order valence-corrected chi connectivity index (χ2v) is 8.22. The third-order valence-electron chi connectivity index (χ3n) is 5.07. The Kier molecular flexibility index (Phi) is 9.35. The molecule has 2 rings (SSSR count). The summed E-state index contributed by atoms with van der Waals surface area (Å²) >= 11 is 0. The molecule has 1 amide bonds. The fourth-order valence-corrected chi connectivity index (χ4v) is 3.43. The van der Waals surface area contributed by atoms with Crippen LogP contribution in [-0.4, -0.2) is 54.4 Å². The highest BCUT2D eigenvalue weighted by Gasteiger charge is 2.17. The molecule has 0 aliphatic carbocycles. The molecule has 0 unspecified atom stereocenters. The van der Waals surface area contributed by atoms with Gasteiger partial charge in [-0.2, -0.15) is 5.10 Å². The Morgan fingerprint density at radius 1 is 1.00 bits per heavy atom. The SMILES string of the molecule is COC(=O)c1cc(NC(=O)COC(=O)CCc2c(C)nn(CC(C)C)c2C)cc(C(=O)OC)c1. The summed E-state index contributed by atoms with van der Waals surface area (Å²) in [4.78, 5) is 48.2. The van der Waals surface area contributed by atoms with E-state index in [4.69, 9.17) is 4.74 Å². The normalized spacial score (nSPS) is 10.7. The van der Waals surface area contributed by atoms with Crippen molar-refractivity contribution in [1.82, 2.24) is 9.78 Å². The van der Waals surface area contributed by atoms with Crippen molar-refractivity contribution in [2.45, 2.75) is 47.1 Å². The average molecular weight is 474 g/mol. The molecule has 10 heteroatoms. The number of aromatic nitrogens is 2. The molecule has 0 radical (unpaired) electrons. The van der Waals surface area contributed by atoms with Gasteiger partial charge in [-0.25, -0.2) is 9.59 Å². The monoisotopic (exact) mass is 473 g/mol. The summed E-state index contributed by atoms with van der Waals surface area (Å²) in [6.45, 7) is 8.39. The van der Waals surface area contributed by atoms with Crippen molar-refractivity contribution in [3.63, 3.8) is 0 Å². The number of rotatable bonds is 10. The number of nitrogens with zero attached hydrogens (tertiary/aromatic N) is 2. The Morgan fingerprint density at radius 2 is 1.59 bits per heavy atom. The molecule has 0 aliphatic rings. The first kappa shape index (κ1) is 26.6. The maximum Gasteiger partial charge on any atom is 0.337 e. The van der Waals surface area contributed by atoms with Crippen molar-refractivity contribution in [2.75, 3.05) is 26.1 Å². The van der Waals surface area contributed by atoms with E-state index in [1.165, 1.54) is 32.4 Å². The van der Waals surface area contributed by atoms with Crippen molar-refractivity contribution >= 4 is 29.5 Å². The molecule has 0 aliphatic heterocycles. The number of carbonyl (C=O) groups excluding carboxylic acids is 4. The van der Waals surface area contributed by atoms with E-state index in [9.17, 15) is 19.2 Å². The fraction of sp³-hybridized carbons (Fsp3) is 0.458. The van der Waals surface area contributed by atoms with E-state index >= 15 is 0 Å². The highest BCUT2D eigenvalue weighted by Crippen LogP contribution is 2.18. The minimum atomic E-state index is -0.685. The smallest absolute Gasteiger partial charge is 0.337 e. The first-order valence-electron chi connectivity index (χ1n) is 10.9. The molecule has 1 heterocycles. The van der Waals surface area contributed by atoms with Gasteiger partial charge in [0, 0.05) is 24.3 Å². The van der Waals surface area contributed by atoms with Crippen molar-refractivity contribution in [2.24, 2.45) is 5.92 Å². The van der Waals surface area contributed by atoms with E-state index in [1.807, 2.05) is 18.5 Å². The van der Waals surface area contributed by atoms with E-state index in [2.05, 4.69) is 33.7 Å². The van der Waals surface area contributed by atoms with Gasteiger partial charge in [-0.3, -0.25) is 14.3 Å². The Bertz CT molecular complexity index is 1040. The molecule has 0 bridgehead atoms. The number of aryl methyl sites for hydroxylation is 1. The number of carbonyl (C=O) groups is 4. The molecule has 1 N–H and O–H groups in total. The summed E-state index contributed by atoms with van der Waals surface area (Å²) in [5.74, 6) is -2.07. The van der Waals surface area contributed by atoms with Crippen LogP contribution in [0, 0.1) is 19.8 Å². The number of hydrogen-bond acceptors (Lipinski definition) is 8. The summed E-state index contributed by atoms with van der Waals surface area (Å²) in [6.07, 6.45) is 0.562. The van der Waals surface area contributed by atoms with Gasteiger partial charge in [0.25, 0.3) is 5.91 Å². The van der Waals surface area contributed by atoms with Crippen LogP contribution in [0.2, 0.25) is 0 Å². The second-order valence-electron chi connectivity index (χ2n) is 8.22. The van der Waals surface area contributed by atoms with Gasteiger partial charge in [0.2, 0.25) is 0 Å². The largest absolute Gasteiger partial charge is 0.465 e. The first-order chi connectivity index (χ1) is 16.0. The van der Waals surface area contributed by atoms with Crippen LogP contribution in [0.15, 0.2) is 18.2 Å². The molecule has 10 nitrogen and oxygen atoms in total.